The fraction of sp³-hybridized carbons (Fsp3) is 0.522. The van der Waals surface area contributed by atoms with Crippen molar-refractivity contribution in [2.24, 2.45) is 0 Å². The van der Waals surface area contributed by atoms with Gasteiger partial charge in [0, 0.05) is 25.1 Å². The Labute approximate surface area is 221 Å². The van der Waals surface area contributed by atoms with Gasteiger partial charge in [-0.1, -0.05) is 6.42 Å². The Morgan fingerprint density at radius 1 is 1.03 bits per heavy atom. The molecule has 0 aliphatic carbocycles. The average molecular weight is 547 g/mol. The summed E-state index contributed by atoms with van der Waals surface area (Å²) in [6.45, 7) is -0.687. The van der Waals surface area contributed by atoms with Crippen LogP contribution in [0.1, 0.15) is 25.7 Å². The summed E-state index contributed by atoms with van der Waals surface area (Å²) in [5.41, 5.74) is 0.820. The highest BCUT2D eigenvalue weighted by Gasteiger charge is 2.45. The van der Waals surface area contributed by atoms with Crippen molar-refractivity contribution in [1.82, 2.24) is 35.5 Å². The Bertz CT molecular complexity index is 1220. The second-order valence-electron chi connectivity index (χ2n) is 9.07. The summed E-state index contributed by atoms with van der Waals surface area (Å²) in [7, 11) is 0. The van der Waals surface area contributed by atoms with Crippen LogP contribution in [0.25, 0.3) is 11.2 Å². The molecule has 2 aliphatic rings. The molecule has 2 aliphatic heterocycles. The summed E-state index contributed by atoms with van der Waals surface area (Å²) in [4.78, 5) is 63.6. The number of hydrogen-bond acceptors (Lipinski definition) is 12. The fourth-order valence-electron chi connectivity index (χ4n) is 4.32. The van der Waals surface area contributed by atoms with Gasteiger partial charge in [0.05, 0.1) is 25.5 Å². The maximum atomic E-state index is 12.4. The molecule has 1 fully saturated rings. The molecule has 210 valence electrons. The van der Waals surface area contributed by atoms with Gasteiger partial charge >= 0.3 is 0 Å². The first-order valence-corrected chi connectivity index (χ1v) is 12.4. The number of nitrogens with one attached hydrogen (secondary N) is 4. The van der Waals surface area contributed by atoms with E-state index >= 15 is 0 Å². The van der Waals surface area contributed by atoms with Crippen LogP contribution in [-0.2, 0) is 23.9 Å². The molecule has 2 aromatic rings. The second-order valence-corrected chi connectivity index (χ2v) is 9.07. The minimum Gasteiger partial charge on any atom is -0.394 e. The van der Waals surface area contributed by atoms with E-state index in [1.165, 1.54) is 24.8 Å². The molecule has 39 heavy (non-hydrogen) atoms. The zero-order valence-corrected chi connectivity index (χ0v) is 20.8. The number of carbonyl (C=O) groups is 4. The number of ether oxygens (including phenoxy) is 1. The molecule has 16 nitrogen and oxygen atoms in total. The van der Waals surface area contributed by atoms with Gasteiger partial charge < -0.3 is 41.0 Å². The summed E-state index contributed by atoms with van der Waals surface area (Å²) >= 11 is 0. The first kappa shape index (κ1) is 28.0. The van der Waals surface area contributed by atoms with E-state index in [1.807, 2.05) is 0 Å². The first-order valence-electron chi connectivity index (χ1n) is 12.4. The number of rotatable bonds is 12. The van der Waals surface area contributed by atoms with Crippen LogP contribution in [0, 0.1) is 0 Å². The van der Waals surface area contributed by atoms with Crippen molar-refractivity contribution in [1.29, 1.82) is 0 Å². The quantitative estimate of drug-likeness (QED) is 0.106. The van der Waals surface area contributed by atoms with Crippen molar-refractivity contribution in [3.63, 3.8) is 0 Å². The molecule has 4 heterocycles. The van der Waals surface area contributed by atoms with Gasteiger partial charge in [0.1, 0.15) is 30.2 Å². The lowest BCUT2D eigenvalue weighted by Crippen LogP contribution is -2.66. The molecular weight excluding hydrogens is 516 g/mol. The van der Waals surface area contributed by atoms with Gasteiger partial charge in [0.15, 0.2) is 17.7 Å². The first-order chi connectivity index (χ1) is 18.8. The number of imide groups is 1. The number of carbonyl (C=O) groups excluding carboxylic acids is 4. The molecule has 0 unspecified atom stereocenters. The Balaban J connectivity index is 1.19. The van der Waals surface area contributed by atoms with Crippen LogP contribution in [0.15, 0.2) is 24.8 Å². The number of fused-ring (bicyclic) bond motifs is 1. The van der Waals surface area contributed by atoms with Crippen LogP contribution in [-0.4, -0.2) is 114 Å². The SMILES string of the molecule is O=C(CCCCCN1C(=O)C=CC1=O)NCC(=O)N[C@@H]1[C@@H](O)[C@H](O)[C@@H](Nc2ncnc3nc[nH]c23)O[C@H]1CO. The molecule has 4 rings (SSSR count). The third-order valence-corrected chi connectivity index (χ3v) is 6.39. The van der Waals surface area contributed by atoms with Crippen molar-refractivity contribution >= 4 is 40.6 Å². The minimum atomic E-state index is -1.52. The molecule has 1 saturated heterocycles. The predicted octanol–water partition coefficient (Wildman–Crippen LogP) is -2.71. The van der Waals surface area contributed by atoms with Gasteiger partial charge in [-0.3, -0.25) is 24.1 Å². The summed E-state index contributed by atoms with van der Waals surface area (Å²) < 4.78 is 5.70. The van der Waals surface area contributed by atoms with Crippen molar-refractivity contribution in [3.8, 4) is 0 Å². The van der Waals surface area contributed by atoms with Crippen LogP contribution in [0.5, 0.6) is 0 Å². The molecule has 0 radical (unpaired) electrons. The standard InChI is InChI=1S/C23H30N8O8/c32-9-12-17(19(37)20(38)23(39-12)30-22-18-21(26-10-25-18)27-11-28-22)29-14(34)8-24-13(33)4-2-1-3-7-31-15(35)5-6-16(31)36/h5-6,10-12,17,19-20,23,32,37-38H,1-4,7-9H2,(H,24,33)(H,29,34)(H2,25,26,27,28,30)/t12-,17-,19+,20-,23-/m0/s1. The Morgan fingerprint density at radius 3 is 2.54 bits per heavy atom. The van der Waals surface area contributed by atoms with Crippen LogP contribution < -0.4 is 16.0 Å². The van der Waals surface area contributed by atoms with Crippen molar-refractivity contribution in [2.45, 2.75) is 56.3 Å². The van der Waals surface area contributed by atoms with Crippen molar-refractivity contribution < 1.29 is 39.2 Å². The van der Waals surface area contributed by atoms with Crippen molar-refractivity contribution in [3.05, 3.63) is 24.8 Å². The fourth-order valence-corrected chi connectivity index (χ4v) is 4.32. The van der Waals surface area contributed by atoms with Gasteiger partial charge in [0.25, 0.3) is 11.8 Å². The van der Waals surface area contributed by atoms with Gasteiger partial charge in [-0.2, -0.15) is 0 Å². The van der Waals surface area contributed by atoms with E-state index in [0.29, 0.717) is 30.4 Å². The van der Waals surface area contributed by atoms with E-state index in [9.17, 15) is 34.5 Å². The summed E-state index contributed by atoms with van der Waals surface area (Å²) in [5.74, 6) is -1.46. The smallest absolute Gasteiger partial charge is 0.253 e. The maximum absolute atomic E-state index is 12.4. The van der Waals surface area contributed by atoms with Gasteiger partial charge in [-0.05, 0) is 12.8 Å². The van der Waals surface area contributed by atoms with E-state index in [2.05, 4.69) is 35.9 Å². The molecule has 16 heteroatoms. The lowest BCUT2D eigenvalue weighted by Gasteiger charge is -2.42. The largest absolute Gasteiger partial charge is 0.394 e. The van der Waals surface area contributed by atoms with Gasteiger partial charge in [-0.15, -0.1) is 0 Å². The molecule has 0 saturated carbocycles. The number of unbranched alkanes of at least 4 members (excludes halogenated alkanes) is 2. The average Bonchev–Trinajstić information content (AvgIpc) is 3.54. The zero-order valence-electron chi connectivity index (χ0n) is 20.8. The number of anilines is 1. The number of aromatic nitrogens is 4. The third-order valence-electron chi connectivity index (χ3n) is 6.39. The van der Waals surface area contributed by atoms with Crippen LogP contribution in [0.3, 0.4) is 0 Å². The monoisotopic (exact) mass is 546 g/mol. The van der Waals surface area contributed by atoms with Gasteiger partial charge in [0.2, 0.25) is 11.8 Å². The number of aliphatic hydroxyl groups is 3. The van der Waals surface area contributed by atoms with E-state index in [-0.39, 0.29) is 43.0 Å². The lowest BCUT2D eigenvalue weighted by molar-refractivity contribution is -0.185. The Kier molecular flexibility index (Phi) is 9.13. The number of imidazole rings is 1. The van der Waals surface area contributed by atoms with Crippen LogP contribution in [0.2, 0.25) is 0 Å². The Hall–Kier alpha value is -3.99. The van der Waals surface area contributed by atoms with Crippen LogP contribution in [0.4, 0.5) is 5.82 Å². The highest BCUT2D eigenvalue weighted by Crippen LogP contribution is 2.24. The molecule has 0 bridgehead atoms. The molecule has 0 spiro atoms. The van der Waals surface area contributed by atoms with E-state index in [1.54, 1.807) is 0 Å². The highest BCUT2D eigenvalue weighted by molar-refractivity contribution is 6.12. The molecule has 5 atom stereocenters. The van der Waals surface area contributed by atoms with Crippen LogP contribution >= 0.6 is 0 Å². The molecular formula is C23H30N8O8. The lowest BCUT2D eigenvalue weighted by atomic mass is 9.95. The Morgan fingerprint density at radius 2 is 1.79 bits per heavy atom. The molecule has 4 amide bonds. The highest BCUT2D eigenvalue weighted by atomic mass is 16.5. The van der Waals surface area contributed by atoms with Gasteiger partial charge in [-0.25, -0.2) is 15.0 Å². The normalized spacial score (nSPS) is 24.8. The second kappa shape index (κ2) is 12.7. The number of nitrogens with zero attached hydrogens (tertiary/aromatic N) is 4. The summed E-state index contributed by atoms with van der Waals surface area (Å²) in [6.07, 6.45) is 1.62. The number of aromatic amines is 1. The maximum Gasteiger partial charge on any atom is 0.253 e. The summed E-state index contributed by atoms with van der Waals surface area (Å²) in [6, 6.07) is -1.16. The van der Waals surface area contributed by atoms with Crippen molar-refractivity contribution in [2.75, 3.05) is 25.0 Å². The number of aliphatic hydroxyl groups excluding tert-OH is 3. The number of hydrogen-bond donors (Lipinski definition) is 7. The van der Waals surface area contributed by atoms with E-state index < -0.39 is 43.1 Å². The molecule has 2 aromatic heterocycles. The number of H-pyrrole nitrogens is 1. The molecule has 7 N–H and O–H groups in total. The predicted molar refractivity (Wildman–Crippen MR) is 132 cm³/mol. The minimum absolute atomic E-state index is 0.139. The van der Waals surface area contributed by atoms with E-state index in [0.717, 1.165) is 4.90 Å². The van der Waals surface area contributed by atoms with E-state index in [4.69, 9.17) is 4.74 Å². The third kappa shape index (κ3) is 6.72. The zero-order chi connectivity index (χ0) is 27.9. The number of amides is 4. The topological polar surface area (TPSA) is 232 Å². The summed E-state index contributed by atoms with van der Waals surface area (Å²) in [5, 5.41) is 38.9. The molecule has 0 aromatic carbocycles.